The molecule has 1 aliphatic rings. The number of hydrogen-bond donors (Lipinski definition) is 1. The van der Waals surface area contributed by atoms with E-state index < -0.39 is 17.9 Å². The minimum absolute atomic E-state index is 0.426. The Bertz CT molecular complexity index is 459. The Hall–Kier alpha value is -1.39. The Morgan fingerprint density at radius 3 is 2.75 bits per heavy atom. The SMILES string of the molecule is CC1=NOC(=O)C1C(N)c1ccccc1Cl. The fourth-order valence-corrected chi connectivity index (χ4v) is 1.99. The molecule has 2 atom stereocenters. The number of nitrogens with two attached hydrogens (primary N) is 1. The molecular formula is C11H11ClN2O2. The smallest absolute Gasteiger partial charge is 0.323 e. The van der Waals surface area contributed by atoms with Crippen molar-refractivity contribution < 1.29 is 9.63 Å². The molecule has 2 N–H and O–H groups in total. The lowest BCUT2D eigenvalue weighted by atomic mass is 9.91. The van der Waals surface area contributed by atoms with Gasteiger partial charge in [-0.05, 0) is 18.6 Å². The highest BCUT2D eigenvalue weighted by Crippen LogP contribution is 2.30. The summed E-state index contributed by atoms with van der Waals surface area (Å²) < 4.78 is 0. The van der Waals surface area contributed by atoms with Crippen molar-refractivity contribution in [2.24, 2.45) is 16.8 Å². The summed E-state index contributed by atoms with van der Waals surface area (Å²) in [4.78, 5) is 16.0. The van der Waals surface area contributed by atoms with E-state index >= 15 is 0 Å². The normalized spacial score (nSPS) is 21.6. The molecule has 0 spiro atoms. The van der Waals surface area contributed by atoms with Gasteiger partial charge in [0.2, 0.25) is 0 Å². The maximum Gasteiger partial charge on any atom is 0.345 e. The van der Waals surface area contributed by atoms with Crippen LogP contribution in [0.25, 0.3) is 0 Å². The zero-order chi connectivity index (χ0) is 11.7. The molecule has 16 heavy (non-hydrogen) atoms. The molecular weight excluding hydrogens is 228 g/mol. The average Bonchev–Trinajstić information content (AvgIpc) is 2.58. The van der Waals surface area contributed by atoms with Crippen molar-refractivity contribution in [1.82, 2.24) is 0 Å². The van der Waals surface area contributed by atoms with Crippen molar-refractivity contribution in [3.63, 3.8) is 0 Å². The zero-order valence-electron chi connectivity index (χ0n) is 8.68. The second kappa shape index (κ2) is 4.23. The van der Waals surface area contributed by atoms with E-state index in [1.54, 1.807) is 19.1 Å². The van der Waals surface area contributed by atoms with E-state index in [0.717, 1.165) is 5.56 Å². The minimum atomic E-state index is -0.542. The standard InChI is InChI=1S/C11H11ClN2O2/c1-6-9(11(15)16-14-6)10(13)7-4-2-3-5-8(7)12/h2-5,9-10H,13H2,1H3. The molecule has 1 aromatic rings. The van der Waals surface area contributed by atoms with Crippen LogP contribution in [0.2, 0.25) is 5.02 Å². The predicted octanol–water partition coefficient (Wildman–Crippen LogP) is 1.89. The van der Waals surface area contributed by atoms with Crippen LogP contribution < -0.4 is 5.73 Å². The molecule has 2 rings (SSSR count). The van der Waals surface area contributed by atoms with E-state index in [1.807, 2.05) is 12.1 Å². The Morgan fingerprint density at radius 1 is 1.50 bits per heavy atom. The zero-order valence-corrected chi connectivity index (χ0v) is 9.44. The summed E-state index contributed by atoms with van der Waals surface area (Å²) in [5, 5.41) is 4.16. The molecule has 0 fully saturated rings. The summed E-state index contributed by atoms with van der Waals surface area (Å²) in [7, 11) is 0. The predicted molar refractivity (Wildman–Crippen MR) is 61.1 cm³/mol. The third-order valence-electron chi connectivity index (χ3n) is 2.61. The van der Waals surface area contributed by atoms with E-state index in [-0.39, 0.29) is 0 Å². The number of carbonyl (C=O) groups is 1. The molecule has 0 amide bonds. The van der Waals surface area contributed by atoms with Crippen LogP contribution in [0.1, 0.15) is 18.5 Å². The van der Waals surface area contributed by atoms with Gasteiger partial charge in [-0.25, -0.2) is 4.79 Å². The van der Waals surface area contributed by atoms with Gasteiger partial charge in [0.05, 0.1) is 11.8 Å². The van der Waals surface area contributed by atoms with E-state index in [1.165, 1.54) is 0 Å². The first-order valence-corrected chi connectivity index (χ1v) is 5.24. The summed E-state index contributed by atoms with van der Waals surface area (Å²) in [5.74, 6) is -0.968. The lowest BCUT2D eigenvalue weighted by molar-refractivity contribution is -0.143. The molecule has 1 aliphatic heterocycles. The van der Waals surface area contributed by atoms with Crippen molar-refractivity contribution in [3.05, 3.63) is 34.9 Å². The molecule has 1 aromatic carbocycles. The van der Waals surface area contributed by atoms with Crippen LogP contribution in [0.15, 0.2) is 29.4 Å². The largest absolute Gasteiger partial charge is 0.345 e. The fraction of sp³-hybridized carbons (Fsp3) is 0.273. The maximum absolute atomic E-state index is 11.5. The average molecular weight is 239 g/mol. The van der Waals surface area contributed by atoms with E-state index in [2.05, 4.69) is 9.99 Å². The van der Waals surface area contributed by atoms with E-state index in [4.69, 9.17) is 17.3 Å². The van der Waals surface area contributed by atoms with Gasteiger partial charge in [0.15, 0.2) is 0 Å². The molecule has 0 radical (unpaired) electrons. The van der Waals surface area contributed by atoms with Crippen LogP contribution in [0, 0.1) is 5.92 Å². The summed E-state index contributed by atoms with van der Waals surface area (Å²) in [6, 6.07) is 6.66. The fourth-order valence-electron chi connectivity index (χ4n) is 1.73. The lowest BCUT2D eigenvalue weighted by Crippen LogP contribution is -2.30. The van der Waals surface area contributed by atoms with Crippen LogP contribution in [0.5, 0.6) is 0 Å². The molecule has 0 bridgehead atoms. The monoisotopic (exact) mass is 238 g/mol. The third-order valence-corrected chi connectivity index (χ3v) is 2.95. The first-order chi connectivity index (χ1) is 7.61. The first kappa shape index (κ1) is 11.1. The third kappa shape index (κ3) is 1.81. The Morgan fingerprint density at radius 2 is 2.19 bits per heavy atom. The molecule has 0 saturated heterocycles. The quantitative estimate of drug-likeness (QED) is 0.801. The van der Waals surface area contributed by atoms with Crippen molar-refractivity contribution in [2.45, 2.75) is 13.0 Å². The van der Waals surface area contributed by atoms with Gasteiger partial charge in [0.25, 0.3) is 0 Å². The van der Waals surface area contributed by atoms with E-state index in [9.17, 15) is 4.79 Å². The molecule has 0 aliphatic carbocycles. The van der Waals surface area contributed by atoms with Crippen LogP contribution in [-0.4, -0.2) is 11.7 Å². The highest BCUT2D eigenvalue weighted by molar-refractivity contribution is 6.31. The number of carbonyl (C=O) groups excluding carboxylic acids is 1. The number of rotatable bonds is 2. The summed E-state index contributed by atoms with van der Waals surface area (Å²) >= 11 is 6.02. The Kier molecular flexibility index (Phi) is 2.94. The molecule has 84 valence electrons. The van der Waals surface area contributed by atoms with Gasteiger partial charge in [-0.3, -0.25) is 0 Å². The van der Waals surface area contributed by atoms with Crippen molar-refractivity contribution in [1.29, 1.82) is 0 Å². The molecule has 4 nitrogen and oxygen atoms in total. The summed E-state index contributed by atoms with van der Waals surface area (Å²) in [6.45, 7) is 1.71. The number of nitrogens with zero attached hydrogens (tertiary/aromatic N) is 1. The maximum atomic E-state index is 11.5. The van der Waals surface area contributed by atoms with Gasteiger partial charge in [0.1, 0.15) is 5.92 Å². The van der Waals surface area contributed by atoms with Crippen molar-refractivity contribution >= 4 is 23.3 Å². The van der Waals surface area contributed by atoms with Crippen LogP contribution in [0.4, 0.5) is 0 Å². The van der Waals surface area contributed by atoms with Gasteiger partial charge < -0.3 is 10.6 Å². The number of oxime groups is 1. The van der Waals surface area contributed by atoms with Crippen molar-refractivity contribution in [2.75, 3.05) is 0 Å². The van der Waals surface area contributed by atoms with Crippen LogP contribution in [-0.2, 0) is 9.63 Å². The summed E-state index contributed by atoms with van der Waals surface area (Å²) in [5.41, 5.74) is 7.32. The first-order valence-electron chi connectivity index (χ1n) is 4.86. The minimum Gasteiger partial charge on any atom is -0.323 e. The number of hydrogen-bond acceptors (Lipinski definition) is 4. The van der Waals surface area contributed by atoms with Crippen molar-refractivity contribution in [3.8, 4) is 0 Å². The molecule has 2 unspecified atom stereocenters. The van der Waals surface area contributed by atoms with Gasteiger partial charge in [0, 0.05) is 5.02 Å². The van der Waals surface area contributed by atoms with Gasteiger partial charge in [-0.1, -0.05) is 35.0 Å². The van der Waals surface area contributed by atoms with Gasteiger partial charge in [-0.15, -0.1) is 0 Å². The lowest BCUT2D eigenvalue weighted by Gasteiger charge is -2.17. The number of benzene rings is 1. The van der Waals surface area contributed by atoms with Gasteiger partial charge >= 0.3 is 5.97 Å². The van der Waals surface area contributed by atoms with Crippen LogP contribution in [0.3, 0.4) is 0 Å². The van der Waals surface area contributed by atoms with Crippen LogP contribution >= 0.6 is 11.6 Å². The highest BCUT2D eigenvalue weighted by Gasteiger charge is 2.36. The molecule has 5 heteroatoms. The highest BCUT2D eigenvalue weighted by atomic mass is 35.5. The van der Waals surface area contributed by atoms with Gasteiger partial charge in [-0.2, -0.15) is 0 Å². The summed E-state index contributed by atoms with van der Waals surface area (Å²) in [6.07, 6.45) is 0. The Labute approximate surface area is 98.0 Å². The second-order valence-electron chi connectivity index (χ2n) is 3.67. The molecule has 0 saturated carbocycles. The molecule has 0 aromatic heterocycles. The topological polar surface area (TPSA) is 64.7 Å². The Balaban J connectivity index is 2.32. The van der Waals surface area contributed by atoms with E-state index in [0.29, 0.717) is 10.7 Å². The second-order valence-corrected chi connectivity index (χ2v) is 4.08. The number of halogens is 1. The molecule has 1 heterocycles.